The van der Waals surface area contributed by atoms with E-state index in [0.717, 1.165) is 36.5 Å². The van der Waals surface area contributed by atoms with Crippen LogP contribution in [0.4, 0.5) is 0 Å². The maximum absolute atomic E-state index is 13.6. The van der Waals surface area contributed by atoms with Gasteiger partial charge in [-0.15, -0.1) is 0 Å². The summed E-state index contributed by atoms with van der Waals surface area (Å²) in [5.74, 6) is 1.18. The van der Waals surface area contributed by atoms with E-state index in [1.807, 2.05) is 52.5 Å². The van der Waals surface area contributed by atoms with E-state index in [0.29, 0.717) is 18.5 Å². The minimum atomic E-state index is -0.713. The summed E-state index contributed by atoms with van der Waals surface area (Å²) >= 11 is 0. The number of rotatable bonds is 8. The first kappa shape index (κ1) is 31.4. The van der Waals surface area contributed by atoms with Crippen molar-refractivity contribution in [3.8, 4) is 5.75 Å². The Morgan fingerprint density at radius 2 is 1.62 bits per heavy atom. The van der Waals surface area contributed by atoms with Gasteiger partial charge in [-0.1, -0.05) is 26.8 Å². The average Bonchev–Trinajstić information content (AvgIpc) is 2.80. The topological polar surface area (TPSA) is 77.1 Å². The third kappa shape index (κ3) is 10.1. The standard InChI is InChI=1S/C32H52N2O5/c1-30(2,3)24-11-14-25(15-12-24)38-26-13-10-23-20-34(17-16-22(23)18-26)29(36)27(33-21-37-31(4,5)6)19-28(35)39-32(7,8)9/h10,13,18,24-25,27,33H,11-12,14-17,19-21H2,1-9H3/t24-,25-,27?. The first-order chi connectivity index (χ1) is 18.0. The molecule has 1 amide bonds. The molecular formula is C32H52N2O5. The van der Waals surface area contributed by atoms with Crippen molar-refractivity contribution in [3.63, 3.8) is 0 Å². The number of carbonyl (C=O) groups excluding carboxylic acids is 2. The van der Waals surface area contributed by atoms with Crippen molar-refractivity contribution >= 4 is 11.9 Å². The second kappa shape index (κ2) is 12.6. The molecule has 1 aliphatic heterocycles. The number of fused-ring (bicyclic) bond motifs is 1. The van der Waals surface area contributed by atoms with Gasteiger partial charge in [-0.05, 0) is 108 Å². The van der Waals surface area contributed by atoms with Crippen LogP contribution >= 0.6 is 0 Å². The van der Waals surface area contributed by atoms with Gasteiger partial charge in [0.1, 0.15) is 11.4 Å². The molecule has 7 heteroatoms. The predicted molar refractivity (Wildman–Crippen MR) is 154 cm³/mol. The molecule has 2 aliphatic rings. The van der Waals surface area contributed by atoms with Crippen molar-refractivity contribution < 1.29 is 23.8 Å². The van der Waals surface area contributed by atoms with Crippen molar-refractivity contribution in [3.05, 3.63) is 29.3 Å². The van der Waals surface area contributed by atoms with Gasteiger partial charge in [0.15, 0.2) is 0 Å². The summed E-state index contributed by atoms with van der Waals surface area (Å²) in [5, 5.41) is 3.15. The third-order valence-electron chi connectivity index (χ3n) is 7.63. The third-order valence-corrected chi connectivity index (χ3v) is 7.63. The number of hydrogen-bond acceptors (Lipinski definition) is 6. The quantitative estimate of drug-likeness (QED) is 0.319. The van der Waals surface area contributed by atoms with E-state index < -0.39 is 17.6 Å². The number of benzene rings is 1. The van der Waals surface area contributed by atoms with Crippen molar-refractivity contribution in [2.24, 2.45) is 11.3 Å². The molecule has 1 unspecified atom stereocenters. The molecule has 0 saturated heterocycles. The molecule has 0 bridgehead atoms. The molecule has 1 heterocycles. The van der Waals surface area contributed by atoms with Gasteiger partial charge in [-0.3, -0.25) is 14.9 Å². The fraction of sp³-hybridized carbons (Fsp3) is 0.750. The van der Waals surface area contributed by atoms with Gasteiger partial charge in [0, 0.05) is 13.1 Å². The molecule has 220 valence electrons. The minimum Gasteiger partial charge on any atom is -0.490 e. The van der Waals surface area contributed by atoms with Crippen LogP contribution in [0.1, 0.15) is 106 Å². The van der Waals surface area contributed by atoms with Gasteiger partial charge in [0.05, 0.1) is 30.9 Å². The Morgan fingerprint density at radius 1 is 0.949 bits per heavy atom. The Balaban J connectivity index is 1.61. The summed E-state index contributed by atoms with van der Waals surface area (Å²) in [6.45, 7) is 19.6. The highest BCUT2D eigenvalue weighted by Crippen LogP contribution is 2.39. The molecule has 1 saturated carbocycles. The maximum Gasteiger partial charge on any atom is 0.308 e. The van der Waals surface area contributed by atoms with Gasteiger partial charge >= 0.3 is 5.97 Å². The van der Waals surface area contributed by atoms with Gasteiger partial charge in [0.25, 0.3) is 0 Å². The lowest BCUT2D eigenvalue weighted by molar-refractivity contribution is -0.157. The SMILES string of the molecule is CC(C)(C)OCNC(CC(=O)OC(C)(C)C)C(=O)N1CCc2cc(O[C@H]3CC[C@H](C(C)(C)C)CC3)ccc2C1. The van der Waals surface area contributed by atoms with Crippen LogP contribution in [0, 0.1) is 11.3 Å². The lowest BCUT2D eigenvalue weighted by Gasteiger charge is -2.37. The zero-order valence-corrected chi connectivity index (χ0v) is 25.8. The molecule has 1 aromatic carbocycles. The number of carbonyl (C=O) groups is 2. The van der Waals surface area contributed by atoms with Crippen LogP contribution in [0.3, 0.4) is 0 Å². The molecule has 7 nitrogen and oxygen atoms in total. The normalized spacial score (nSPS) is 21.2. The fourth-order valence-electron chi connectivity index (χ4n) is 5.41. The van der Waals surface area contributed by atoms with E-state index in [9.17, 15) is 9.59 Å². The molecule has 1 atom stereocenters. The van der Waals surface area contributed by atoms with E-state index in [4.69, 9.17) is 14.2 Å². The smallest absolute Gasteiger partial charge is 0.308 e. The molecule has 1 aliphatic carbocycles. The average molecular weight is 545 g/mol. The molecule has 1 N–H and O–H groups in total. The molecule has 39 heavy (non-hydrogen) atoms. The van der Waals surface area contributed by atoms with Crippen LogP contribution in [0.5, 0.6) is 5.75 Å². The molecule has 0 spiro atoms. The highest BCUT2D eigenvalue weighted by molar-refractivity contribution is 5.87. The lowest BCUT2D eigenvalue weighted by atomic mass is 9.72. The van der Waals surface area contributed by atoms with E-state index in [1.165, 1.54) is 18.4 Å². The van der Waals surface area contributed by atoms with Crippen molar-refractivity contribution in [2.45, 2.75) is 131 Å². The van der Waals surface area contributed by atoms with Crippen LogP contribution < -0.4 is 10.1 Å². The van der Waals surface area contributed by atoms with E-state index in [2.05, 4.69) is 38.2 Å². The molecule has 0 aromatic heterocycles. The highest BCUT2D eigenvalue weighted by atomic mass is 16.6. The van der Waals surface area contributed by atoms with Crippen molar-refractivity contribution in [2.75, 3.05) is 13.3 Å². The number of nitrogens with zero attached hydrogens (tertiary/aromatic N) is 1. The lowest BCUT2D eigenvalue weighted by Crippen LogP contribution is -2.50. The van der Waals surface area contributed by atoms with E-state index in [-0.39, 0.29) is 30.8 Å². The van der Waals surface area contributed by atoms with Crippen LogP contribution in [-0.2, 0) is 32.0 Å². The van der Waals surface area contributed by atoms with E-state index in [1.54, 1.807) is 0 Å². The molecule has 1 fully saturated rings. The zero-order valence-electron chi connectivity index (χ0n) is 25.8. The first-order valence-electron chi connectivity index (χ1n) is 14.7. The Kier molecular flexibility index (Phi) is 10.1. The number of ether oxygens (including phenoxy) is 3. The molecule has 3 rings (SSSR count). The van der Waals surface area contributed by atoms with Crippen LogP contribution in [0.2, 0.25) is 0 Å². The van der Waals surface area contributed by atoms with Crippen LogP contribution in [0.25, 0.3) is 0 Å². The molecular weight excluding hydrogens is 492 g/mol. The molecule has 0 radical (unpaired) electrons. The second-order valence-electron chi connectivity index (χ2n) is 14.3. The Bertz CT molecular complexity index is 978. The zero-order chi connectivity index (χ0) is 29.0. The summed E-state index contributed by atoms with van der Waals surface area (Å²) < 4.78 is 17.7. The number of amides is 1. The summed E-state index contributed by atoms with van der Waals surface area (Å²) in [6.07, 6.45) is 5.63. The summed E-state index contributed by atoms with van der Waals surface area (Å²) in [7, 11) is 0. The monoisotopic (exact) mass is 544 g/mol. The highest BCUT2D eigenvalue weighted by Gasteiger charge is 2.32. The largest absolute Gasteiger partial charge is 0.490 e. The summed E-state index contributed by atoms with van der Waals surface area (Å²) in [4.78, 5) is 28.0. The Morgan fingerprint density at radius 3 is 2.21 bits per heavy atom. The van der Waals surface area contributed by atoms with Gasteiger partial charge < -0.3 is 19.1 Å². The van der Waals surface area contributed by atoms with Gasteiger partial charge in [-0.2, -0.15) is 0 Å². The van der Waals surface area contributed by atoms with E-state index >= 15 is 0 Å². The Labute approximate surface area is 236 Å². The predicted octanol–water partition coefficient (Wildman–Crippen LogP) is 6.02. The summed E-state index contributed by atoms with van der Waals surface area (Å²) in [6, 6.07) is 5.57. The van der Waals surface area contributed by atoms with Gasteiger partial charge in [0.2, 0.25) is 5.91 Å². The number of nitrogens with one attached hydrogen (secondary N) is 1. The van der Waals surface area contributed by atoms with Crippen molar-refractivity contribution in [1.29, 1.82) is 0 Å². The number of esters is 1. The second-order valence-corrected chi connectivity index (χ2v) is 14.3. The minimum absolute atomic E-state index is 0.0444. The van der Waals surface area contributed by atoms with Crippen molar-refractivity contribution in [1.82, 2.24) is 10.2 Å². The molecule has 1 aromatic rings. The maximum atomic E-state index is 13.6. The van der Waals surface area contributed by atoms with Gasteiger partial charge in [-0.25, -0.2) is 0 Å². The van der Waals surface area contributed by atoms with Crippen LogP contribution in [0.15, 0.2) is 18.2 Å². The first-order valence-corrected chi connectivity index (χ1v) is 14.7. The Hall–Kier alpha value is -2.12. The summed E-state index contributed by atoms with van der Waals surface area (Å²) in [5.41, 5.74) is 1.75. The van der Waals surface area contributed by atoms with Crippen LogP contribution in [-0.4, -0.2) is 53.4 Å². The number of hydrogen-bond donors (Lipinski definition) is 1. The fourth-order valence-corrected chi connectivity index (χ4v) is 5.41.